The Morgan fingerprint density at radius 2 is 0.603 bits per heavy atom. The number of thiophene rings is 1. The Kier molecular flexibility index (Phi) is 8.50. The Bertz CT molecular complexity index is 4130. The zero-order valence-electron chi connectivity index (χ0n) is 39.7. The van der Waals surface area contributed by atoms with Crippen LogP contribution in [0.3, 0.4) is 0 Å². The third-order valence-corrected chi connectivity index (χ3v) is 17.5. The van der Waals surface area contributed by atoms with Crippen LogP contribution in [0.4, 0.5) is 34.1 Å². The van der Waals surface area contributed by atoms with E-state index in [0.29, 0.717) is 0 Å². The molecule has 0 saturated heterocycles. The second-order valence-corrected chi connectivity index (χ2v) is 20.8. The third kappa shape index (κ3) is 5.31. The minimum atomic E-state index is -0.449. The predicted octanol–water partition coefficient (Wildman–Crippen LogP) is 18.5. The van der Waals surface area contributed by atoms with E-state index in [1.54, 1.807) is 0 Å². The fourth-order valence-electron chi connectivity index (χ4n) is 13.9. The van der Waals surface area contributed by atoms with Crippen molar-refractivity contribution in [3.05, 3.63) is 311 Å². The van der Waals surface area contributed by atoms with Gasteiger partial charge in [0, 0.05) is 28.1 Å². The summed E-state index contributed by atoms with van der Waals surface area (Å²) in [5.41, 5.74) is 27.1. The van der Waals surface area contributed by atoms with Gasteiger partial charge < -0.3 is 9.80 Å². The fraction of sp³-hybridized carbons (Fsp3) is 0.0286. The molecule has 0 fully saturated rings. The topological polar surface area (TPSA) is 6.48 Å². The van der Waals surface area contributed by atoms with E-state index < -0.39 is 10.8 Å². The zero-order valence-corrected chi connectivity index (χ0v) is 40.5. The van der Waals surface area contributed by atoms with E-state index in [2.05, 4.69) is 276 Å². The monoisotopic (exact) mass is 944 g/mol. The first kappa shape index (κ1) is 40.7. The van der Waals surface area contributed by atoms with Crippen molar-refractivity contribution in [1.82, 2.24) is 0 Å². The highest BCUT2D eigenvalue weighted by Gasteiger charge is 2.53. The van der Waals surface area contributed by atoms with Gasteiger partial charge in [-0.15, -0.1) is 11.3 Å². The van der Waals surface area contributed by atoms with Gasteiger partial charge in [0.2, 0.25) is 0 Å². The molecule has 340 valence electrons. The van der Waals surface area contributed by atoms with Crippen molar-refractivity contribution in [2.24, 2.45) is 0 Å². The Balaban J connectivity index is 0.887. The molecule has 1 aromatic heterocycles. The van der Waals surface area contributed by atoms with Crippen LogP contribution < -0.4 is 9.80 Å². The molecule has 11 aromatic carbocycles. The lowest BCUT2D eigenvalue weighted by molar-refractivity contribution is 0.793. The first-order valence-electron chi connectivity index (χ1n) is 25.3. The summed E-state index contributed by atoms with van der Waals surface area (Å²) in [5, 5.41) is 3.47. The fourth-order valence-corrected chi connectivity index (χ4v) is 14.8. The van der Waals surface area contributed by atoms with Crippen molar-refractivity contribution in [1.29, 1.82) is 0 Å². The molecular formula is C70H44N2S. The molecule has 73 heavy (non-hydrogen) atoms. The van der Waals surface area contributed by atoms with Gasteiger partial charge in [0.05, 0.1) is 26.9 Å². The predicted molar refractivity (Wildman–Crippen MR) is 304 cm³/mol. The van der Waals surface area contributed by atoms with Crippen LogP contribution in [-0.4, -0.2) is 0 Å². The summed E-state index contributed by atoms with van der Waals surface area (Å²) >= 11 is 1.81. The maximum absolute atomic E-state index is 2.50. The van der Waals surface area contributed by atoms with E-state index in [-0.39, 0.29) is 0 Å². The molecule has 3 heteroatoms. The lowest BCUT2D eigenvalue weighted by Gasteiger charge is -2.33. The molecule has 0 radical (unpaired) electrons. The number of para-hydroxylation sites is 2. The molecule has 2 nitrogen and oxygen atoms in total. The van der Waals surface area contributed by atoms with E-state index in [1.165, 1.54) is 99.1 Å². The molecule has 0 amide bonds. The molecule has 0 atom stereocenters. The van der Waals surface area contributed by atoms with Crippen LogP contribution in [0.2, 0.25) is 0 Å². The largest absolute Gasteiger partial charge is 0.310 e. The molecule has 0 unspecified atom stereocenters. The van der Waals surface area contributed by atoms with Crippen molar-refractivity contribution >= 4 is 55.5 Å². The SMILES string of the molecule is c1ccc(N(c2ccc3c(c2)C2(c4ccccc4-c4ccccc42)c2ccccc2-3)c2ccc(N(c3ccccc3)c3ccc4c(c3)-c3ccccc3C43c4ccccc4-c4ccccc43)c3sccc23)cc1. The van der Waals surface area contributed by atoms with Gasteiger partial charge in [-0.2, -0.15) is 0 Å². The van der Waals surface area contributed by atoms with E-state index in [1.807, 2.05) is 11.3 Å². The molecule has 2 spiro atoms. The highest BCUT2D eigenvalue weighted by molar-refractivity contribution is 7.18. The number of hydrogen-bond acceptors (Lipinski definition) is 3. The number of benzene rings is 11. The van der Waals surface area contributed by atoms with E-state index in [9.17, 15) is 0 Å². The minimum absolute atomic E-state index is 0.399. The number of nitrogens with zero attached hydrogens (tertiary/aromatic N) is 2. The van der Waals surface area contributed by atoms with Crippen LogP contribution in [-0.2, 0) is 10.8 Å². The van der Waals surface area contributed by atoms with Crippen LogP contribution >= 0.6 is 11.3 Å². The van der Waals surface area contributed by atoms with Gasteiger partial charge in [-0.3, -0.25) is 0 Å². The van der Waals surface area contributed by atoms with Crippen molar-refractivity contribution in [2.45, 2.75) is 10.8 Å². The summed E-state index contributed by atoms with van der Waals surface area (Å²) in [6, 6.07) is 97.8. The normalized spacial score (nSPS) is 14.0. The average Bonchev–Trinajstić information content (AvgIpc) is 4.27. The van der Waals surface area contributed by atoms with Crippen LogP contribution in [0.5, 0.6) is 0 Å². The van der Waals surface area contributed by atoms with Crippen molar-refractivity contribution in [3.8, 4) is 44.5 Å². The van der Waals surface area contributed by atoms with Gasteiger partial charge >= 0.3 is 0 Å². The molecule has 0 saturated carbocycles. The summed E-state index contributed by atoms with van der Waals surface area (Å²) in [4.78, 5) is 4.96. The van der Waals surface area contributed by atoms with Crippen LogP contribution in [0.25, 0.3) is 54.6 Å². The molecule has 1 heterocycles. The lowest BCUT2D eigenvalue weighted by Crippen LogP contribution is -2.26. The smallest absolute Gasteiger partial charge is 0.0726 e. The van der Waals surface area contributed by atoms with Gasteiger partial charge in [-0.1, -0.05) is 194 Å². The molecule has 0 bridgehead atoms. The number of fused-ring (bicyclic) bond motifs is 21. The average molecular weight is 945 g/mol. The molecule has 4 aliphatic carbocycles. The maximum atomic E-state index is 2.50. The maximum Gasteiger partial charge on any atom is 0.0726 e. The summed E-state index contributed by atoms with van der Waals surface area (Å²) in [6.45, 7) is 0. The molecular weight excluding hydrogens is 901 g/mol. The molecule has 16 rings (SSSR count). The number of rotatable bonds is 6. The van der Waals surface area contributed by atoms with Gasteiger partial charge in [0.1, 0.15) is 0 Å². The van der Waals surface area contributed by atoms with Crippen LogP contribution in [0, 0.1) is 0 Å². The van der Waals surface area contributed by atoms with Crippen LogP contribution in [0.15, 0.2) is 266 Å². The Labute approximate surface area is 429 Å². The third-order valence-electron chi connectivity index (χ3n) is 16.6. The Morgan fingerprint density at radius 3 is 1.10 bits per heavy atom. The summed E-state index contributed by atoms with van der Waals surface area (Å²) in [5.74, 6) is 0. The van der Waals surface area contributed by atoms with Crippen LogP contribution in [0.1, 0.15) is 44.5 Å². The first-order valence-corrected chi connectivity index (χ1v) is 26.2. The van der Waals surface area contributed by atoms with Gasteiger partial charge in [-0.25, -0.2) is 0 Å². The van der Waals surface area contributed by atoms with Gasteiger partial charge in [0.15, 0.2) is 0 Å². The summed E-state index contributed by atoms with van der Waals surface area (Å²) in [7, 11) is 0. The van der Waals surface area contributed by atoms with Gasteiger partial charge in [-0.05, 0) is 161 Å². The minimum Gasteiger partial charge on any atom is -0.310 e. The Morgan fingerprint density at radius 1 is 0.247 bits per heavy atom. The van der Waals surface area contributed by atoms with Gasteiger partial charge in [0.25, 0.3) is 0 Å². The highest BCUT2D eigenvalue weighted by atomic mass is 32.1. The first-order chi connectivity index (χ1) is 36.2. The second kappa shape index (κ2) is 15.2. The van der Waals surface area contributed by atoms with Crippen molar-refractivity contribution in [2.75, 3.05) is 9.80 Å². The molecule has 4 aliphatic rings. The number of anilines is 6. The van der Waals surface area contributed by atoms with Crippen molar-refractivity contribution < 1.29 is 0 Å². The van der Waals surface area contributed by atoms with E-state index in [4.69, 9.17) is 0 Å². The van der Waals surface area contributed by atoms with Crippen molar-refractivity contribution in [3.63, 3.8) is 0 Å². The summed E-state index contributed by atoms with van der Waals surface area (Å²) < 4.78 is 1.22. The molecule has 12 aromatic rings. The molecule has 0 N–H and O–H groups in total. The lowest BCUT2D eigenvalue weighted by atomic mass is 9.70. The second-order valence-electron chi connectivity index (χ2n) is 19.8. The zero-order chi connectivity index (χ0) is 47.8. The standard InChI is InChI=1S/C70H44N2S/c1-3-19-45(20-4-1)71(48-35-37-55-53-27-11-17-33-62(53)70(65(55)44-48)60-31-15-9-25-51(60)52-26-10-16-32-61(52)70)66-39-40-67(68-56(66)41-42-73-68)72(46-21-5-2-6-22-46)47-36-38-64-57(43-47)54-28-12-18-34-63(54)69(64)58-29-13-7-23-49(58)50-24-8-14-30-59(50)69/h1-44H. The van der Waals surface area contributed by atoms with E-state index >= 15 is 0 Å². The van der Waals surface area contributed by atoms with E-state index in [0.717, 1.165) is 34.1 Å². The summed E-state index contributed by atoms with van der Waals surface area (Å²) in [6.07, 6.45) is 0. The molecule has 0 aliphatic heterocycles. The number of hydrogen-bond donors (Lipinski definition) is 0. The Hall–Kier alpha value is -9.02. The quantitative estimate of drug-likeness (QED) is 0.164. The highest BCUT2D eigenvalue weighted by Crippen LogP contribution is 2.65.